The predicted molar refractivity (Wildman–Crippen MR) is 84.2 cm³/mol. The predicted octanol–water partition coefficient (Wildman–Crippen LogP) is 4.44. The smallest absolute Gasteiger partial charge is 0.162 e. The second-order valence-corrected chi connectivity index (χ2v) is 5.26. The van der Waals surface area contributed by atoms with Crippen molar-refractivity contribution >= 4 is 28.3 Å². The average molecular weight is 302 g/mol. The summed E-state index contributed by atoms with van der Waals surface area (Å²) in [5, 5.41) is 4.52. The molecule has 0 fully saturated rings. The van der Waals surface area contributed by atoms with Crippen LogP contribution in [0.5, 0.6) is 0 Å². The highest BCUT2D eigenvalue weighted by Crippen LogP contribution is 2.27. The van der Waals surface area contributed by atoms with Crippen molar-refractivity contribution in [1.29, 1.82) is 0 Å². The van der Waals surface area contributed by atoms with Crippen molar-refractivity contribution in [1.82, 2.24) is 9.97 Å². The lowest BCUT2D eigenvalue weighted by Crippen LogP contribution is -1.99. The molecule has 0 bridgehead atoms. The number of anilines is 1. The Morgan fingerprint density at radius 2 is 1.90 bits per heavy atom. The Hall–Kier alpha value is -2.20. The van der Waals surface area contributed by atoms with Crippen LogP contribution in [0.4, 0.5) is 10.2 Å². The maximum atomic E-state index is 13.6. The molecule has 106 valence electrons. The number of aromatic nitrogens is 2. The molecule has 0 amide bonds. The van der Waals surface area contributed by atoms with Crippen LogP contribution >= 0.6 is 11.6 Å². The molecular formula is C16H13ClFN3. The molecular weight excluding hydrogens is 289 g/mol. The van der Waals surface area contributed by atoms with Gasteiger partial charge >= 0.3 is 0 Å². The van der Waals surface area contributed by atoms with Crippen molar-refractivity contribution in [2.45, 2.75) is 6.92 Å². The highest BCUT2D eigenvalue weighted by atomic mass is 35.5. The van der Waals surface area contributed by atoms with Crippen molar-refractivity contribution in [2.24, 2.45) is 0 Å². The second kappa shape index (κ2) is 5.30. The zero-order chi connectivity index (χ0) is 15.0. The number of hydrogen-bond donors (Lipinski definition) is 1. The van der Waals surface area contributed by atoms with Gasteiger partial charge in [-0.1, -0.05) is 11.6 Å². The van der Waals surface area contributed by atoms with E-state index in [-0.39, 0.29) is 5.82 Å². The zero-order valence-corrected chi connectivity index (χ0v) is 12.4. The van der Waals surface area contributed by atoms with Gasteiger partial charge in [-0.15, -0.1) is 0 Å². The Kier molecular flexibility index (Phi) is 3.47. The number of halogens is 2. The van der Waals surface area contributed by atoms with Crippen LogP contribution in [0, 0.1) is 12.7 Å². The lowest BCUT2D eigenvalue weighted by molar-refractivity contribution is 0.627. The minimum Gasteiger partial charge on any atom is -0.373 e. The highest BCUT2D eigenvalue weighted by molar-refractivity contribution is 6.31. The number of benzene rings is 2. The minimum absolute atomic E-state index is 0.300. The maximum absolute atomic E-state index is 13.6. The summed E-state index contributed by atoms with van der Waals surface area (Å²) in [6.45, 7) is 1.84. The normalized spacial score (nSPS) is 10.9. The lowest BCUT2D eigenvalue weighted by atomic mass is 10.1. The minimum atomic E-state index is -0.300. The fourth-order valence-electron chi connectivity index (χ4n) is 2.29. The van der Waals surface area contributed by atoms with E-state index in [9.17, 15) is 4.39 Å². The van der Waals surface area contributed by atoms with Crippen LogP contribution < -0.4 is 5.32 Å². The van der Waals surface area contributed by atoms with Crippen molar-refractivity contribution in [3.05, 3.63) is 52.8 Å². The van der Waals surface area contributed by atoms with E-state index in [0.29, 0.717) is 22.2 Å². The Balaban J connectivity index is 2.27. The molecule has 0 saturated heterocycles. The summed E-state index contributed by atoms with van der Waals surface area (Å²) in [4.78, 5) is 8.96. The van der Waals surface area contributed by atoms with E-state index in [1.807, 2.05) is 19.1 Å². The number of nitrogens with one attached hydrogen (secondary N) is 1. The van der Waals surface area contributed by atoms with Gasteiger partial charge in [-0.25, -0.2) is 14.4 Å². The monoisotopic (exact) mass is 301 g/mol. The van der Waals surface area contributed by atoms with E-state index < -0.39 is 0 Å². The second-order valence-electron chi connectivity index (χ2n) is 4.82. The van der Waals surface area contributed by atoms with Crippen LogP contribution in [0.25, 0.3) is 22.3 Å². The Morgan fingerprint density at radius 3 is 2.62 bits per heavy atom. The summed E-state index contributed by atoms with van der Waals surface area (Å²) >= 11 is 6.02. The molecule has 1 heterocycles. The molecule has 5 heteroatoms. The summed E-state index contributed by atoms with van der Waals surface area (Å²) in [5.41, 5.74) is 2.19. The van der Waals surface area contributed by atoms with Crippen LogP contribution in [-0.2, 0) is 0 Å². The molecule has 1 aromatic heterocycles. The van der Waals surface area contributed by atoms with Gasteiger partial charge in [-0.3, -0.25) is 0 Å². The molecule has 0 radical (unpaired) electrons. The topological polar surface area (TPSA) is 37.8 Å². The number of aryl methyl sites for hydroxylation is 1. The van der Waals surface area contributed by atoms with Gasteiger partial charge in [0, 0.05) is 23.0 Å². The highest BCUT2D eigenvalue weighted by Gasteiger charge is 2.10. The molecule has 0 atom stereocenters. The van der Waals surface area contributed by atoms with E-state index in [1.165, 1.54) is 12.1 Å². The van der Waals surface area contributed by atoms with Gasteiger partial charge in [0.1, 0.15) is 11.6 Å². The van der Waals surface area contributed by atoms with Gasteiger partial charge < -0.3 is 5.32 Å². The van der Waals surface area contributed by atoms with E-state index in [4.69, 9.17) is 11.6 Å². The van der Waals surface area contributed by atoms with Crippen molar-refractivity contribution in [2.75, 3.05) is 12.4 Å². The zero-order valence-electron chi connectivity index (χ0n) is 11.6. The molecule has 0 aliphatic rings. The SMILES string of the molecule is CNc1nc(-c2cc(C)cc(F)c2)nc2cc(Cl)ccc12. The van der Waals surface area contributed by atoms with E-state index in [0.717, 1.165) is 16.5 Å². The van der Waals surface area contributed by atoms with E-state index >= 15 is 0 Å². The van der Waals surface area contributed by atoms with Crippen LogP contribution in [0.3, 0.4) is 0 Å². The fourth-order valence-corrected chi connectivity index (χ4v) is 2.45. The molecule has 0 aliphatic carbocycles. The third kappa shape index (κ3) is 2.67. The van der Waals surface area contributed by atoms with Crippen LogP contribution in [-0.4, -0.2) is 17.0 Å². The Labute approximate surface area is 126 Å². The van der Waals surface area contributed by atoms with Crippen molar-refractivity contribution in [3.8, 4) is 11.4 Å². The van der Waals surface area contributed by atoms with Gasteiger partial charge in [0.2, 0.25) is 0 Å². The third-order valence-corrected chi connectivity index (χ3v) is 3.43. The van der Waals surface area contributed by atoms with Crippen molar-refractivity contribution < 1.29 is 4.39 Å². The molecule has 0 unspecified atom stereocenters. The molecule has 3 rings (SSSR count). The molecule has 21 heavy (non-hydrogen) atoms. The van der Waals surface area contributed by atoms with Crippen LogP contribution in [0.1, 0.15) is 5.56 Å². The van der Waals surface area contributed by atoms with E-state index in [2.05, 4.69) is 15.3 Å². The standard InChI is InChI=1S/C16H13ClFN3/c1-9-5-10(7-12(18)6-9)15-20-14-8-11(17)3-4-13(14)16(19-2)21-15/h3-8H,1-2H3,(H,19,20,21). The van der Waals surface area contributed by atoms with Crippen LogP contribution in [0.15, 0.2) is 36.4 Å². The summed E-state index contributed by atoms with van der Waals surface area (Å²) in [5.74, 6) is 0.857. The van der Waals surface area contributed by atoms with E-state index in [1.54, 1.807) is 19.2 Å². The summed E-state index contributed by atoms with van der Waals surface area (Å²) < 4.78 is 13.6. The van der Waals surface area contributed by atoms with Gasteiger partial charge in [0.15, 0.2) is 5.82 Å². The van der Waals surface area contributed by atoms with Gasteiger partial charge in [-0.2, -0.15) is 0 Å². The van der Waals surface area contributed by atoms with Gasteiger partial charge in [0.25, 0.3) is 0 Å². The first-order valence-corrected chi connectivity index (χ1v) is 6.87. The number of hydrogen-bond acceptors (Lipinski definition) is 3. The molecule has 0 saturated carbocycles. The first kappa shape index (κ1) is 13.8. The maximum Gasteiger partial charge on any atom is 0.162 e. The van der Waals surface area contributed by atoms with Gasteiger partial charge in [0.05, 0.1) is 5.52 Å². The molecule has 3 nitrogen and oxygen atoms in total. The first-order valence-electron chi connectivity index (χ1n) is 6.49. The average Bonchev–Trinajstić information content (AvgIpc) is 2.44. The number of fused-ring (bicyclic) bond motifs is 1. The first-order chi connectivity index (χ1) is 10.1. The lowest BCUT2D eigenvalue weighted by Gasteiger charge is -2.09. The largest absolute Gasteiger partial charge is 0.373 e. The fraction of sp³-hybridized carbons (Fsp3) is 0.125. The van der Waals surface area contributed by atoms with Crippen molar-refractivity contribution in [3.63, 3.8) is 0 Å². The molecule has 2 aromatic carbocycles. The summed E-state index contributed by atoms with van der Waals surface area (Å²) in [7, 11) is 1.79. The van der Waals surface area contributed by atoms with Crippen LogP contribution in [0.2, 0.25) is 5.02 Å². The quantitative estimate of drug-likeness (QED) is 0.760. The third-order valence-electron chi connectivity index (χ3n) is 3.20. The molecule has 0 spiro atoms. The van der Waals surface area contributed by atoms with Gasteiger partial charge in [-0.05, 0) is 48.9 Å². The number of nitrogens with zero attached hydrogens (tertiary/aromatic N) is 2. The summed E-state index contributed by atoms with van der Waals surface area (Å²) in [6, 6.07) is 10.2. The molecule has 3 aromatic rings. The Bertz CT molecular complexity index is 813. The molecule has 0 aliphatic heterocycles. The number of rotatable bonds is 2. The summed E-state index contributed by atoms with van der Waals surface area (Å²) in [6.07, 6.45) is 0. The molecule has 1 N–H and O–H groups in total. The Morgan fingerprint density at radius 1 is 1.10 bits per heavy atom.